The highest BCUT2D eigenvalue weighted by atomic mass is 35.5. The first-order chi connectivity index (χ1) is 10.5. The van der Waals surface area contributed by atoms with Crippen molar-refractivity contribution in [1.82, 2.24) is 0 Å². The van der Waals surface area contributed by atoms with Crippen LogP contribution in [0.2, 0.25) is 5.02 Å². The Morgan fingerprint density at radius 2 is 1.86 bits per heavy atom. The van der Waals surface area contributed by atoms with Gasteiger partial charge in [-0.3, -0.25) is 0 Å². The number of rotatable bonds is 4. The maximum absolute atomic E-state index is 13.4. The van der Waals surface area contributed by atoms with E-state index in [1.54, 1.807) is 38.5 Å². The number of ether oxygens (including phenoxy) is 2. The summed E-state index contributed by atoms with van der Waals surface area (Å²) in [5.74, 6) is 0.740. The van der Waals surface area contributed by atoms with Crippen LogP contribution in [0.25, 0.3) is 0 Å². The fraction of sp³-hybridized carbons (Fsp3) is 0.133. The largest absolute Gasteiger partial charge is 0.497 e. The number of hydrogen-bond donors (Lipinski definition) is 2. The minimum absolute atomic E-state index is 0.0545. The van der Waals surface area contributed by atoms with Crippen LogP contribution in [0.1, 0.15) is 0 Å². The van der Waals surface area contributed by atoms with Gasteiger partial charge in [-0.25, -0.2) is 4.39 Å². The molecule has 0 saturated carbocycles. The lowest BCUT2D eigenvalue weighted by atomic mass is 10.2. The van der Waals surface area contributed by atoms with Gasteiger partial charge in [-0.2, -0.15) is 0 Å². The second-order valence-corrected chi connectivity index (χ2v) is 5.09. The third-order valence-corrected chi connectivity index (χ3v) is 3.34. The zero-order valence-electron chi connectivity index (χ0n) is 11.9. The molecule has 0 aliphatic carbocycles. The first-order valence-electron chi connectivity index (χ1n) is 6.28. The third-order valence-electron chi connectivity index (χ3n) is 2.83. The molecule has 0 atom stereocenters. The number of halogens is 2. The van der Waals surface area contributed by atoms with Crippen molar-refractivity contribution in [1.29, 1.82) is 0 Å². The molecule has 0 amide bonds. The standard InChI is InChI=1S/C15H14ClFN2O2S/c1-20-10-4-6-14(21-2)13(8-10)19-15(22)18-9-3-5-11(16)12(17)7-9/h3-8H,1-2H3,(H2,18,19,22). The molecular weight excluding hydrogens is 327 g/mol. The van der Waals surface area contributed by atoms with Crippen LogP contribution in [0.4, 0.5) is 15.8 Å². The predicted octanol–water partition coefficient (Wildman–Crippen LogP) is 4.31. The number of nitrogens with one attached hydrogen (secondary N) is 2. The fourth-order valence-corrected chi connectivity index (χ4v) is 2.12. The van der Waals surface area contributed by atoms with Gasteiger partial charge in [-0.05, 0) is 42.5 Å². The summed E-state index contributed by atoms with van der Waals surface area (Å²) in [6, 6.07) is 9.62. The van der Waals surface area contributed by atoms with Crippen molar-refractivity contribution in [2.45, 2.75) is 0 Å². The topological polar surface area (TPSA) is 42.5 Å². The molecule has 0 spiro atoms. The highest BCUT2D eigenvalue weighted by Gasteiger charge is 2.08. The summed E-state index contributed by atoms with van der Waals surface area (Å²) in [5.41, 5.74) is 1.12. The Morgan fingerprint density at radius 1 is 1.09 bits per heavy atom. The van der Waals surface area contributed by atoms with Crippen LogP contribution in [0.15, 0.2) is 36.4 Å². The number of hydrogen-bond acceptors (Lipinski definition) is 3. The molecule has 4 nitrogen and oxygen atoms in total. The van der Waals surface area contributed by atoms with Crippen molar-refractivity contribution in [3.63, 3.8) is 0 Å². The van der Waals surface area contributed by atoms with Crippen LogP contribution >= 0.6 is 23.8 Å². The van der Waals surface area contributed by atoms with E-state index in [0.29, 0.717) is 22.9 Å². The van der Waals surface area contributed by atoms with Gasteiger partial charge in [0, 0.05) is 11.8 Å². The highest BCUT2D eigenvalue weighted by molar-refractivity contribution is 7.80. The molecule has 7 heteroatoms. The summed E-state index contributed by atoms with van der Waals surface area (Å²) in [5, 5.41) is 6.19. The van der Waals surface area contributed by atoms with Gasteiger partial charge in [0.1, 0.15) is 17.3 Å². The van der Waals surface area contributed by atoms with E-state index in [-0.39, 0.29) is 10.1 Å². The van der Waals surface area contributed by atoms with Gasteiger partial charge in [0.25, 0.3) is 0 Å². The summed E-state index contributed by atoms with van der Waals surface area (Å²) >= 11 is 10.8. The van der Waals surface area contributed by atoms with E-state index in [1.807, 2.05) is 0 Å². The summed E-state index contributed by atoms with van der Waals surface area (Å²) in [4.78, 5) is 0. The van der Waals surface area contributed by atoms with Crippen LogP contribution in [-0.4, -0.2) is 19.3 Å². The molecule has 0 unspecified atom stereocenters. The van der Waals surface area contributed by atoms with Gasteiger partial charge in [-0.1, -0.05) is 11.6 Å². The molecule has 22 heavy (non-hydrogen) atoms. The average molecular weight is 341 g/mol. The van der Waals surface area contributed by atoms with E-state index in [1.165, 1.54) is 12.1 Å². The number of thiocarbonyl (C=S) groups is 1. The maximum atomic E-state index is 13.4. The minimum atomic E-state index is -0.520. The Kier molecular flexibility index (Phi) is 5.41. The second-order valence-electron chi connectivity index (χ2n) is 4.27. The minimum Gasteiger partial charge on any atom is -0.497 e. The Morgan fingerprint density at radius 3 is 2.50 bits per heavy atom. The first kappa shape index (κ1) is 16.3. The molecule has 2 N–H and O–H groups in total. The summed E-state index contributed by atoms with van der Waals surface area (Å²) < 4.78 is 23.8. The average Bonchev–Trinajstić information content (AvgIpc) is 2.50. The molecule has 0 heterocycles. The molecule has 2 aromatic carbocycles. The van der Waals surface area contributed by atoms with Crippen molar-refractivity contribution >= 4 is 40.3 Å². The summed E-state index contributed by atoms with van der Waals surface area (Å²) in [7, 11) is 3.12. The zero-order valence-corrected chi connectivity index (χ0v) is 13.5. The Labute approximate surface area is 138 Å². The smallest absolute Gasteiger partial charge is 0.175 e. The predicted molar refractivity (Wildman–Crippen MR) is 90.8 cm³/mol. The Hall–Kier alpha value is -2.05. The van der Waals surface area contributed by atoms with E-state index in [0.717, 1.165) is 0 Å². The first-order valence-corrected chi connectivity index (χ1v) is 7.07. The van der Waals surface area contributed by atoms with E-state index < -0.39 is 5.82 Å². The molecule has 2 rings (SSSR count). The molecule has 0 saturated heterocycles. The van der Waals surface area contributed by atoms with Gasteiger partial charge in [0.05, 0.1) is 24.9 Å². The highest BCUT2D eigenvalue weighted by Crippen LogP contribution is 2.29. The molecule has 2 aromatic rings. The maximum Gasteiger partial charge on any atom is 0.175 e. The molecule has 0 aromatic heterocycles. The van der Waals surface area contributed by atoms with Crippen molar-refractivity contribution in [2.75, 3.05) is 24.9 Å². The summed E-state index contributed by atoms with van der Waals surface area (Å²) in [6.45, 7) is 0. The molecule has 0 fully saturated rings. The quantitative estimate of drug-likeness (QED) is 0.812. The molecular formula is C15H14ClFN2O2S. The Bertz CT molecular complexity index is 697. The monoisotopic (exact) mass is 340 g/mol. The van der Waals surface area contributed by atoms with Crippen LogP contribution < -0.4 is 20.1 Å². The lowest BCUT2D eigenvalue weighted by Gasteiger charge is -2.14. The SMILES string of the molecule is COc1ccc(OC)c(NC(=S)Nc2ccc(Cl)c(F)c2)c1. The normalized spacial score (nSPS) is 10.0. The van der Waals surface area contributed by atoms with E-state index in [9.17, 15) is 4.39 Å². The molecule has 0 bridgehead atoms. The van der Waals surface area contributed by atoms with Crippen LogP contribution in [0, 0.1) is 5.82 Å². The second kappa shape index (κ2) is 7.29. The molecule has 0 aliphatic heterocycles. The van der Waals surface area contributed by atoms with Crippen molar-refractivity contribution in [3.8, 4) is 11.5 Å². The van der Waals surface area contributed by atoms with Crippen molar-refractivity contribution in [2.24, 2.45) is 0 Å². The third kappa shape index (κ3) is 3.99. The lowest BCUT2D eigenvalue weighted by Crippen LogP contribution is -2.19. The fourth-order valence-electron chi connectivity index (χ4n) is 1.77. The van der Waals surface area contributed by atoms with Gasteiger partial charge < -0.3 is 20.1 Å². The number of anilines is 2. The zero-order chi connectivity index (χ0) is 16.1. The van der Waals surface area contributed by atoms with Crippen molar-refractivity contribution in [3.05, 3.63) is 47.2 Å². The van der Waals surface area contributed by atoms with E-state index in [4.69, 9.17) is 33.3 Å². The van der Waals surface area contributed by atoms with Crippen molar-refractivity contribution < 1.29 is 13.9 Å². The van der Waals surface area contributed by atoms with Gasteiger partial charge in [0.15, 0.2) is 5.11 Å². The van der Waals surface area contributed by atoms with Gasteiger partial charge in [0.2, 0.25) is 0 Å². The molecule has 116 valence electrons. The van der Waals surface area contributed by atoms with Gasteiger partial charge >= 0.3 is 0 Å². The number of benzene rings is 2. The summed E-state index contributed by atoms with van der Waals surface area (Å²) in [6.07, 6.45) is 0. The van der Waals surface area contributed by atoms with Gasteiger partial charge in [-0.15, -0.1) is 0 Å². The van der Waals surface area contributed by atoms with E-state index in [2.05, 4.69) is 10.6 Å². The van der Waals surface area contributed by atoms with Crippen LogP contribution in [0.5, 0.6) is 11.5 Å². The molecule has 0 radical (unpaired) electrons. The van der Waals surface area contributed by atoms with Crippen LogP contribution in [0.3, 0.4) is 0 Å². The number of methoxy groups -OCH3 is 2. The Balaban J connectivity index is 2.12. The van der Waals surface area contributed by atoms with Crippen LogP contribution in [-0.2, 0) is 0 Å². The lowest BCUT2D eigenvalue weighted by molar-refractivity contribution is 0.405. The molecule has 0 aliphatic rings. The van der Waals surface area contributed by atoms with E-state index >= 15 is 0 Å².